The second-order valence-corrected chi connectivity index (χ2v) is 8.10. The summed E-state index contributed by atoms with van der Waals surface area (Å²) in [5.74, 6) is -0.781. The van der Waals surface area contributed by atoms with E-state index in [0.29, 0.717) is 36.1 Å². The molecule has 0 spiro atoms. The van der Waals surface area contributed by atoms with Crippen molar-refractivity contribution in [2.75, 3.05) is 18.4 Å². The highest BCUT2D eigenvalue weighted by molar-refractivity contribution is 6.04. The highest BCUT2D eigenvalue weighted by Crippen LogP contribution is 2.32. The topological polar surface area (TPSA) is 87.5 Å². The van der Waals surface area contributed by atoms with E-state index < -0.39 is 17.6 Å². The first-order chi connectivity index (χ1) is 16.2. The summed E-state index contributed by atoms with van der Waals surface area (Å²) in [4.78, 5) is 31.2. The molecule has 2 heterocycles. The number of anilines is 1. The van der Waals surface area contributed by atoms with Crippen molar-refractivity contribution in [1.82, 2.24) is 14.5 Å². The molecule has 4 rings (SSSR count). The molecule has 0 radical (unpaired) electrons. The lowest BCUT2D eigenvalue weighted by Crippen LogP contribution is -2.40. The van der Waals surface area contributed by atoms with Gasteiger partial charge in [0.2, 0.25) is 11.9 Å². The third-order valence-corrected chi connectivity index (χ3v) is 5.86. The predicted molar refractivity (Wildman–Crippen MR) is 120 cm³/mol. The van der Waals surface area contributed by atoms with Crippen molar-refractivity contribution in [2.45, 2.75) is 31.7 Å². The Bertz CT molecular complexity index is 1250. The van der Waals surface area contributed by atoms with Crippen molar-refractivity contribution in [2.24, 2.45) is 0 Å². The standard InChI is InChI=1S/C24H23F3N4O3/c1-2-21(33)30-10-4-7-18(13-30)31-20-9-8-15(14-32)11-19(20)28-23(31)29-22(34)16-5-3-6-17(12-16)24(25,26)27/h2-3,5-6,8-9,11-12,18,32H,1,4,7,10,13-14H2,(H,28,29,34). The summed E-state index contributed by atoms with van der Waals surface area (Å²) in [6.45, 7) is 4.29. The first-order valence-electron chi connectivity index (χ1n) is 10.7. The molecule has 0 bridgehead atoms. The Balaban J connectivity index is 1.73. The van der Waals surface area contributed by atoms with Gasteiger partial charge in [-0.15, -0.1) is 0 Å². The van der Waals surface area contributed by atoms with Gasteiger partial charge in [-0.1, -0.05) is 18.7 Å². The van der Waals surface area contributed by atoms with Gasteiger partial charge in [-0.25, -0.2) is 4.98 Å². The second-order valence-electron chi connectivity index (χ2n) is 8.10. The van der Waals surface area contributed by atoms with E-state index in [0.717, 1.165) is 18.6 Å². The molecule has 1 aliphatic heterocycles. The molecule has 1 fully saturated rings. The fourth-order valence-corrected chi connectivity index (χ4v) is 4.21. The van der Waals surface area contributed by atoms with Crippen LogP contribution < -0.4 is 5.32 Å². The molecule has 1 aromatic heterocycles. The summed E-state index contributed by atoms with van der Waals surface area (Å²) in [5, 5.41) is 12.1. The Hall–Kier alpha value is -3.66. The zero-order valence-corrected chi connectivity index (χ0v) is 18.2. The maximum Gasteiger partial charge on any atom is 0.416 e. The van der Waals surface area contributed by atoms with Crippen LogP contribution in [0.5, 0.6) is 0 Å². The van der Waals surface area contributed by atoms with Crippen molar-refractivity contribution < 1.29 is 27.9 Å². The van der Waals surface area contributed by atoms with Crippen LogP contribution in [0.1, 0.15) is 40.4 Å². The molecule has 1 saturated heterocycles. The molecule has 1 aliphatic rings. The predicted octanol–water partition coefficient (Wildman–Crippen LogP) is 4.15. The van der Waals surface area contributed by atoms with E-state index in [1.165, 1.54) is 18.2 Å². The molecule has 0 aliphatic carbocycles. The summed E-state index contributed by atoms with van der Waals surface area (Å²) in [7, 11) is 0. The first kappa shape index (κ1) is 23.5. The number of aliphatic hydroxyl groups is 1. The number of aliphatic hydroxyl groups excluding tert-OH is 1. The maximum absolute atomic E-state index is 13.1. The quantitative estimate of drug-likeness (QED) is 0.547. The van der Waals surface area contributed by atoms with Gasteiger partial charge in [-0.05, 0) is 54.8 Å². The largest absolute Gasteiger partial charge is 0.416 e. The van der Waals surface area contributed by atoms with E-state index in [9.17, 15) is 27.9 Å². The number of rotatable bonds is 5. The summed E-state index contributed by atoms with van der Waals surface area (Å²) >= 11 is 0. The van der Waals surface area contributed by atoms with Gasteiger partial charge in [0.1, 0.15) is 0 Å². The highest BCUT2D eigenvalue weighted by atomic mass is 19.4. The highest BCUT2D eigenvalue weighted by Gasteiger charge is 2.31. The van der Waals surface area contributed by atoms with Crippen LogP contribution in [0.25, 0.3) is 11.0 Å². The second kappa shape index (κ2) is 9.30. The molecule has 3 aromatic rings. The number of fused-ring (bicyclic) bond motifs is 1. The van der Waals surface area contributed by atoms with E-state index in [-0.39, 0.29) is 30.1 Å². The number of hydrogen-bond donors (Lipinski definition) is 2. The minimum Gasteiger partial charge on any atom is -0.392 e. The Labute approximate surface area is 193 Å². The van der Waals surface area contributed by atoms with Gasteiger partial charge < -0.3 is 14.6 Å². The average Bonchev–Trinajstić information content (AvgIpc) is 3.19. The normalized spacial score (nSPS) is 16.5. The minimum atomic E-state index is -4.58. The molecule has 34 heavy (non-hydrogen) atoms. The SMILES string of the molecule is C=CC(=O)N1CCCC(n2c(NC(=O)c3cccc(C(F)(F)F)c3)nc3cc(CO)ccc32)C1. The number of carbonyl (C=O) groups is 2. The van der Waals surface area contributed by atoms with Gasteiger partial charge in [-0.2, -0.15) is 13.2 Å². The molecule has 2 N–H and O–H groups in total. The molecule has 178 valence electrons. The third-order valence-electron chi connectivity index (χ3n) is 5.86. The number of piperidine rings is 1. The van der Waals surface area contributed by atoms with E-state index in [1.807, 2.05) is 0 Å². The van der Waals surface area contributed by atoms with Crippen LogP contribution in [0, 0.1) is 0 Å². The molecule has 1 atom stereocenters. The van der Waals surface area contributed by atoms with Crippen LogP contribution in [0.3, 0.4) is 0 Å². The number of halogens is 3. The van der Waals surface area contributed by atoms with Crippen LogP contribution in [-0.4, -0.2) is 44.5 Å². The number of alkyl halides is 3. The molecule has 1 unspecified atom stereocenters. The molecule has 2 amide bonds. The number of imidazole rings is 1. The smallest absolute Gasteiger partial charge is 0.392 e. The van der Waals surface area contributed by atoms with Gasteiger partial charge in [0.25, 0.3) is 5.91 Å². The van der Waals surface area contributed by atoms with Gasteiger partial charge >= 0.3 is 6.18 Å². The Kier molecular flexibility index (Phi) is 6.43. The maximum atomic E-state index is 13.1. The van der Waals surface area contributed by atoms with Crippen molar-refractivity contribution in [3.05, 3.63) is 71.8 Å². The van der Waals surface area contributed by atoms with Gasteiger partial charge in [0.15, 0.2) is 0 Å². The molecule has 7 nitrogen and oxygen atoms in total. The Morgan fingerprint density at radius 2 is 2.03 bits per heavy atom. The van der Waals surface area contributed by atoms with Crippen LogP contribution in [0.2, 0.25) is 0 Å². The minimum absolute atomic E-state index is 0.156. The number of benzene rings is 2. The number of hydrogen-bond acceptors (Lipinski definition) is 4. The molecule has 0 saturated carbocycles. The number of likely N-dealkylation sites (tertiary alicyclic amines) is 1. The van der Waals surface area contributed by atoms with E-state index in [4.69, 9.17) is 0 Å². The summed E-state index contributed by atoms with van der Waals surface area (Å²) < 4.78 is 41.1. The van der Waals surface area contributed by atoms with E-state index in [1.54, 1.807) is 27.7 Å². The summed E-state index contributed by atoms with van der Waals surface area (Å²) in [6, 6.07) is 9.12. The Morgan fingerprint density at radius 1 is 1.24 bits per heavy atom. The van der Waals surface area contributed by atoms with Crippen molar-refractivity contribution in [3.8, 4) is 0 Å². The number of amides is 2. The third kappa shape index (κ3) is 4.67. The van der Waals surface area contributed by atoms with Gasteiger partial charge in [0, 0.05) is 18.7 Å². The van der Waals surface area contributed by atoms with E-state index in [2.05, 4.69) is 16.9 Å². The monoisotopic (exact) mass is 472 g/mol. The Morgan fingerprint density at radius 3 is 2.74 bits per heavy atom. The van der Waals surface area contributed by atoms with Crippen molar-refractivity contribution >= 4 is 28.8 Å². The lowest BCUT2D eigenvalue weighted by atomic mass is 10.0. The molecular formula is C24H23F3N4O3. The van der Waals surface area contributed by atoms with Crippen LogP contribution >= 0.6 is 0 Å². The molecular weight excluding hydrogens is 449 g/mol. The first-order valence-corrected chi connectivity index (χ1v) is 10.7. The van der Waals surface area contributed by atoms with Crippen LogP contribution in [-0.2, 0) is 17.6 Å². The number of nitrogens with zero attached hydrogens (tertiary/aromatic N) is 3. The summed E-state index contributed by atoms with van der Waals surface area (Å²) in [6.07, 6.45) is -1.90. The molecule has 2 aromatic carbocycles. The summed E-state index contributed by atoms with van der Waals surface area (Å²) in [5.41, 5.74) is 0.733. The van der Waals surface area contributed by atoms with Gasteiger partial charge in [0.05, 0.1) is 29.2 Å². The van der Waals surface area contributed by atoms with Crippen molar-refractivity contribution in [3.63, 3.8) is 0 Å². The zero-order chi connectivity index (χ0) is 24.5. The lowest BCUT2D eigenvalue weighted by molar-refractivity contribution is -0.137. The zero-order valence-electron chi connectivity index (χ0n) is 18.2. The van der Waals surface area contributed by atoms with E-state index >= 15 is 0 Å². The number of carbonyl (C=O) groups excluding carboxylic acids is 2. The fourth-order valence-electron chi connectivity index (χ4n) is 4.21. The fraction of sp³-hybridized carbons (Fsp3) is 0.292. The average molecular weight is 472 g/mol. The van der Waals surface area contributed by atoms with Crippen molar-refractivity contribution in [1.29, 1.82) is 0 Å². The van der Waals surface area contributed by atoms with Crippen LogP contribution in [0.4, 0.5) is 19.1 Å². The van der Waals surface area contributed by atoms with Gasteiger partial charge in [-0.3, -0.25) is 14.9 Å². The molecule has 10 heteroatoms. The van der Waals surface area contributed by atoms with Crippen LogP contribution in [0.15, 0.2) is 55.1 Å². The number of aromatic nitrogens is 2. The lowest BCUT2D eigenvalue weighted by Gasteiger charge is -2.33. The number of nitrogens with one attached hydrogen (secondary N) is 1.